The Bertz CT molecular complexity index is 1740. The van der Waals surface area contributed by atoms with E-state index in [9.17, 15) is 18.8 Å². The maximum Gasteiger partial charge on any atom is 0.265 e. The lowest BCUT2D eigenvalue weighted by Crippen LogP contribution is -2.58. The first-order valence-electron chi connectivity index (χ1n) is 14.2. The second-order valence-corrected chi connectivity index (χ2v) is 12.0. The number of pyridine rings is 1. The number of rotatable bonds is 1. The van der Waals surface area contributed by atoms with E-state index in [4.69, 9.17) is 9.47 Å². The first kappa shape index (κ1) is 29.2. The fourth-order valence-electron chi connectivity index (χ4n) is 5.37. The van der Waals surface area contributed by atoms with E-state index < -0.39 is 23.9 Å². The minimum Gasteiger partial charge on any atom is -0.488 e. The molecule has 12 heteroatoms. The Labute approximate surface area is 257 Å². The molecular formula is C32H30FN5O5S. The SMILES string of the molecule is Cc1nc(C)c(C(=O)N2CC[C@@H]3Oc4cc(F)cc(c4)CNC(=O)COc4cccc(c4)-c4cncc(c4)C(=O)N[C@@H]3C2)s1. The number of thiazole rings is 1. The van der Waals surface area contributed by atoms with E-state index in [-0.39, 0.29) is 37.3 Å². The number of halogens is 1. The third kappa shape index (κ3) is 6.55. The van der Waals surface area contributed by atoms with Gasteiger partial charge in [0.25, 0.3) is 17.7 Å². The van der Waals surface area contributed by atoms with Crippen molar-refractivity contribution < 1.29 is 28.2 Å². The van der Waals surface area contributed by atoms with E-state index in [0.717, 1.165) is 10.6 Å². The highest BCUT2D eigenvalue weighted by Gasteiger charge is 2.36. The molecule has 2 aromatic carbocycles. The fraction of sp³-hybridized carbons (Fsp3) is 0.281. The molecule has 0 saturated carbocycles. The van der Waals surface area contributed by atoms with Crippen molar-refractivity contribution in [2.75, 3.05) is 19.7 Å². The van der Waals surface area contributed by atoms with Crippen LogP contribution in [0.2, 0.25) is 0 Å². The molecule has 226 valence electrons. The molecule has 3 amide bonds. The van der Waals surface area contributed by atoms with E-state index in [0.29, 0.717) is 46.0 Å². The Morgan fingerprint density at radius 2 is 1.89 bits per heavy atom. The van der Waals surface area contributed by atoms with Crippen molar-refractivity contribution >= 4 is 29.1 Å². The van der Waals surface area contributed by atoms with Gasteiger partial charge in [-0.25, -0.2) is 9.37 Å². The highest BCUT2D eigenvalue weighted by Crippen LogP contribution is 2.27. The van der Waals surface area contributed by atoms with Gasteiger partial charge in [0.1, 0.15) is 28.3 Å². The van der Waals surface area contributed by atoms with Crippen molar-refractivity contribution in [3.63, 3.8) is 0 Å². The van der Waals surface area contributed by atoms with Crippen LogP contribution in [-0.4, -0.2) is 64.4 Å². The van der Waals surface area contributed by atoms with Gasteiger partial charge in [-0.3, -0.25) is 19.4 Å². The number of piperidine rings is 1. The minimum absolute atomic E-state index is 0.0641. The van der Waals surface area contributed by atoms with E-state index >= 15 is 0 Å². The maximum absolute atomic E-state index is 14.7. The van der Waals surface area contributed by atoms with Crippen LogP contribution in [0, 0.1) is 19.7 Å². The van der Waals surface area contributed by atoms with Crippen molar-refractivity contribution in [3.05, 3.63) is 93.4 Å². The fourth-order valence-corrected chi connectivity index (χ4v) is 6.26. The summed E-state index contributed by atoms with van der Waals surface area (Å²) in [5, 5.41) is 6.59. The molecule has 44 heavy (non-hydrogen) atoms. The van der Waals surface area contributed by atoms with Crippen LogP contribution < -0.4 is 20.1 Å². The summed E-state index contributed by atoms with van der Waals surface area (Å²) in [6, 6.07) is 12.4. The number of ether oxygens (including phenoxy) is 2. The molecule has 2 aliphatic heterocycles. The van der Waals surface area contributed by atoms with Gasteiger partial charge in [0.15, 0.2) is 6.61 Å². The van der Waals surface area contributed by atoms with Crippen LogP contribution in [0.4, 0.5) is 4.39 Å². The van der Waals surface area contributed by atoms with Crippen LogP contribution in [0.3, 0.4) is 0 Å². The first-order chi connectivity index (χ1) is 21.2. The van der Waals surface area contributed by atoms with Gasteiger partial charge in [0, 0.05) is 50.1 Å². The zero-order valence-electron chi connectivity index (χ0n) is 24.1. The normalized spacial score (nSPS) is 18.8. The monoisotopic (exact) mass is 615 g/mol. The molecule has 0 radical (unpaired) electrons. The van der Waals surface area contributed by atoms with Crippen LogP contribution in [0.25, 0.3) is 11.1 Å². The number of aryl methyl sites for hydroxylation is 2. The molecule has 0 unspecified atom stereocenters. The number of nitrogens with one attached hydrogen (secondary N) is 2. The van der Waals surface area contributed by atoms with Crippen LogP contribution in [0.1, 0.15) is 42.7 Å². The largest absolute Gasteiger partial charge is 0.488 e. The highest BCUT2D eigenvalue weighted by molar-refractivity contribution is 7.13. The Morgan fingerprint density at radius 1 is 1.05 bits per heavy atom. The maximum atomic E-state index is 14.7. The lowest BCUT2D eigenvalue weighted by molar-refractivity contribution is -0.123. The van der Waals surface area contributed by atoms with Gasteiger partial charge in [-0.05, 0) is 55.3 Å². The summed E-state index contributed by atoms with van der Waals surface area (Å²) >= 11 is 1.34. The second-order valence-electron chi connectivity index (χ2n) is 10.8. The molecule has 2 N–H and O–H groups in total. The topological polar surface area (TPSA) is 123 Å². The number of carbonyl (C=O) groups is 3. The number of aromatic nitrogens is 2. The van der Waals surface area contributed by atoms with Gasteiger partial charge >= 0.3 is 0 Å². The summed E-state index contributed by atoms with van der Waals surface area (Å²) < 4.78 is 26.6. The van der Waals surface area contributed by atoms with Crippen LogP contribution >= 0.6 is 11.3 Å². The summed E-state index contributed by atoms with van der Waals surface area (Å²) in [6.07, 6.45) is 2.92. The van der Waals surface area contributed by atoms with Gasteiger partial charge in [0.05, 0.1) is 22.3 Å². The Morgan fingerprint density at radius 3 is 2.70 bits per heavy atom. The second kappa shape index (κ2) is 12.4. The van der Waals surface area contributed by atoms with Crippen LogP contribution in [0.5, 0.6) is 11.5 Å². The van der Waals surface area contributed by atoms with E-state index in [1.54, 1.807) is 48.4 Å². The first-order valence-corrected chi connectivity index (χ1v) is 15.0. The lowest BCUT2D eigenvalue weighted by atomic mass is 10.00. The molecule has 4 heterocycles. The predicted molar refractivity (Wildman–Crippen MR) is 161 cm³/mol. The standard InChI is InChI=1S/C32H30FN5O5S/c1-18-30(44-19(2)36-18)32(41)38-7-6-28-27(16-38)37-31(40)23-10-22(14-34-15-23)21-4-3-5-25(11-21)42-17-29(39)35-13-20-8-24(33)12-26(9-20)43-28/h3-5,8-12,14-15,27-28H,6-7,13,16-17H2,1-2H3,(H,35,39)(H,37,40)/t27-,28+/m1/s1. The van der Waals surface area contributed by atoms with Gasteiger partial charge in [-0.2, -0.15) is 0 Å². The molecule has 2 atom stereocenters. The third-order valence-corrected chi connectivity index (χ3v) is 8.56. The molecular weight excluding hydrogens is 585 g/mol. The quantitative estimate of drug-likeness (QED) is 0.331. The molecule has 6 bridgehead atoms. The molecule has 10 nitrogen and oxygen atoms in total. The highest BCUT2D eigenvalue weighted by atomic mass is 32.1. The Balaban J connectivity index is 1.34. The number of benzene rings is 2. The van der Waals surface area contributed by atoms with E-state index in [1.165, 1.54) is 29.7 Å². The van der Waals surface area contributed by atoms with Gasteiger partial charge in [-0.15, -0.1) is 11.3 Å². The summed E-state index contributed by atoms with van der Waals surface area (Å²) in [6.45, 7) is 4.04. The van der Waals surface area contributed by atoms with Crippen LogP contribution in [-0.2, 0) is 11.3 Å². The minimum atomic E-state index is -0.622. The molecule has 1 fully saturated rings. The molecule has 0 aliphatic carbocycles. The molecule has 2 aromatic heterocycles. The number of amides is 3. The van der Waals surface area contributed by atoms with Crippen molar-refractivity contribution in [2.24, 2.45) is 0 Å². The summed E-state index contributed by atoms with van der Waals surface area (Å²) in [5.74, 6) is -0.739. The number of fused-ring (bicyclic) bond motifs is 8. The smallest absolute Gasteiger partial charge is 0.265 e. The number of nitrogens with zero attached hydrogens (tertiary/aromatic N) is 3. The molecule has 0 spiro atoms. The molecule has 1 saturated heterocycles. The van der Waals surface area contributed by atoms with Gasteiger partial charge in [-0.1, -0.05) is 12.1 Å². The summed E-state index contributed by atoms with van der Waals surface area (Å²) in [5.41, 5.74) is 2.91. The molecule has 6 rings (SSSR count). The average molecular weight is 616 g/mol. The Kier molecular flexibility index (Phi) is 8.25. The predicted octanol–water partition coefficient (Wildman–Crippen LogP) is 4.06. The zero-order valence-corrected chi connectivity index (χ0v) is 24.9. The Hall–Kier alpha value is -4.84. The third-order valence-electron chi connectivity index (χ3n) is 7.50. The number of hydrogen-bond acceptors (Lipinski definition) is 8. The van der Waals surface area contributed by atoms with Gasteiger partial charge < -0.3 is 25.0 Å². The average Bonchev–Trinajstić information content (AvgIpc) is 3.36. The number of hydrogen-bond donors (Lipinski definition) is 2. The lowest BCUT2D eigenvalue weighted by Gasteiger charge is -2.38. The number of likely N-dealkylation sites (tertiary alicyclic amines) is 1. The zero-order chi connectivity index (χ0) is 30.8. The van der Waals surface area contributed by atoms with Gasteiger partial charge in [0.2, 0.25) is 0 Å². The van der Waals surface area contributed by atoms with Crippen molar-refractivity contribution in [1.29, 1.82) is 0 Å². The summed E-state index contributed by atoms with van der Waals surface area (Å²) in [4.78, 5) is 50.5. The van der Waals surface area contributed by atoms with E-state index in [2.05, 4.69) is 20.6 Å². The van der Waals surface area contributed by atoms with Crippen LogP contribution in [0.15, 0.2) is 60.9 Å². The summed E-state index contributed by atoms with van der Waals surface area (Å²) in [7, 11) is 0. The van der Waals surface area contributed by atoms with Crippen molar-refractivity contribution in [2.45, 2.75) is 39.0 Å². The number of carbonyl (C=O) groups excluding carboxylic acids is 3. The van der Waals surface area contributed by atoms with Crippen molar-refractivity contribution in [1.82, 2.24) is 25.5 Å². The molecule has 4 aromatic rings. The van der Waals surface area contributed by atoms with E-state index in [1.807, 2.05) is 13.0 Å². The molecule has 2 aliphatic rings. The van der Waals surface area contributed by atoms with Crippen molar-refractivity contribution in [3.8, 4) is 22.6 Å².